The van der Waals surface area contributed by atoms with Gasteiger partial charge in [-0.25, -0.2) is 0 Å². The van der Waals surface area contributed by atoms with E-state index in [0.29, 0.717) is 0 Å². The smallest absolute Gasteiger partial charge is 0.0353 e. The maximum atomic E-state index is 4.73. The van der Waals surface area contributed by atoms with Crippen LogP contribution in [0.15, 0.2) is 168 Å². The van der Waals surface area contributed by atoms with E-state index in [1.165, 1.54) is 97.8 Å². The van der Waals surface area contributed by atoms with Gasteiger partial charge in [0.2, 0.25) is 0 Å². The van der Waals surface area contributed by atoms with Crippen LogP contribution < -0.4 is 0 Å². The standard InChI is InChI=1S/C47H31NS/c1-3-10-30(11-4-1)35-26-36(31-12-5-2-6-13-31)28-37(27-35)49-47-41-17-8-7-16-38(41)46(43-29-48-25-24-42(43)47)40-23-21-34-19-18-32-14-9-15-33-20-22-39(40)45(34)44(32)33/h1-13,15-18,20-29H,14,19H2. The van der Waals surface area contributed by atoms with Gasteiger partial charge in [-0.3, -0.25) is 4.98 Å². The van der Waals surface area contributed by atoms with Gasteiger partial charge in [0.25, 0.3) is 0 Å². The summed E-state index contributed by atoms with van der Waals surface area (Å²) in [6.07, 6.45) is 13.0. The summed E-state index contributed by atoms with van der Waals surface area (Å²) < 4.78 is 0. The molecule has 0 aliphatic heterocycles. The second kappa shape index (κ2) is 11.5. The highest BCUT2D eigenvalue weighted by Crippen LogP contribution is 2.49. The molecule has 0 N–H and O–H groups in total. The lowest BCUT2D eigenvalue weighted by molar-refractivity contribution is 1.23. The molecule has 49 heavy (non-hydrogen) atoms. The minimum atomic E-state index is 0.988. The second-order valence-corrected chi connectivity index (χ2v) is 14.1. The molecular weight excluding hydrogens is 611 g/mol. The number of rotatable bonds is 5. The maximum Gasteiger partial charge on any atom is 0.0353 e. The molecule has 0 saturated carbocycles. The molecule has 0 radical (unpaired) electrons. The first-order valence-electron chi connectivity index (χ1n) is 17.0. The van der Waals surface area contributed by atoms with E-state index in [9.17, 15) is 0 Å². The summed E-state index contributed by atoms with van der Waals surface area (Å²) in [5.41, 5.74) is 13.1. The molecule has 8 aromatic rings. The normalized spacial score (nSPS) is 13.3. The third-order valence-electron chi connectivity index (χ3n) is 10.2. The predicted molar refractivity (Wildman–Crippen MR) is 209 cm³/mol. The summed E-state index contributed by atoms with van der Waals surface area (Å²) in [5, 5.41) is 7.68. The fourth-order valence-corrected chi connectivity index (χ4v) is 9.18. The van der Waals surface area contributed by atoms with E-state index in [1.54, 1.807) is 0 Å². The van der Waals surface area contributed by atoms with Gasteiger partial charge in [-0.05, 0) is 120 Å². The number of hydrogen-bond acceptors (Lipinski definition) is 2. The van der Waals surface area contributed by atoms with Crippen LogP contribution >= 0.6 is 11.8 Å². The summed E-state index contributed by atoms with van der Waals surface area (Å²) >= 11 is 1.86. The molecule has 0 unspecified atom stereocenters. The Bertz CT molecular complexity index is 2550. The molecule has 0 saturated heterocycles. The molecule has 0 fully saturated rings. The third-order valence-corrected chi connectivity index (χ3v) is 11.3. The SMILES string of the molecule is C1=Cc2ccc3c(-c4c5ccccc5c(Sc5cc(-c6ccccc6)cc(-c6ccccc6)c5)c5ccncc45)ccc4c3c2C(=CC4)C1. The Morgan fingerprint density at radius 1 is 0.531 bits per heavy atom. The lowest BCUT2D eigenvalue weighted by Gasteiger charge is -2.25. The Labute approximate surface area is 290 Å². The lowest BCUT2D eigenvalue weighted by atomic mass is 9.79. The highest BCUT2D eigenvalue weighted by Gasteiger charge is 2.24. The molecule has 2 aliphatic rings. The van der Waals surface area contributed by atoms with Gasteiger partial charge in [0.15, 0.2) is 0 Å². The largest absolute Gasteiger partial charge is 0.264 e. The van der Waals surface area contributed by atoms with E-state index in [1.807, 2.05) is 18.0 Å². The predicted octanol–water partition coefficient (Wildman–Crippen LogP) is 13.0. The lowest BCUT2D eigenvalue weighted by Crippen LogP contribution is -2.04. The van der Waals surface area contributed by atoms with Crippen LogP contribution in [0.4, 0.5) is 0 Å². The molecule has 2 aliphatic carbocycles. The molecule has 230 valence electrons. The number of aromatic nitrogens is 1. The topological polar surface area (TPSA) is 12.9 Å². The number of pyridine rings is 1. The fraction of sp³-hybridized carbons (Fsp3) is 0.0426. The molecule has 0 bridgehead atoms. The highest BCUT2D eigenvalue weighted by atomic mass is 32.2. The monoisotopic (exact) mass is 641 g/mol. The average Bonchev–Trinajstić information content (AvgIpc) is 3.18. The van der Waals surface area contributed by atoms with E-state index in [4.69, 9.17) is 4.98 Å². The zero-order valence-corrected chi connectivity index (χ0v) is 27.7. The molecule has 2 heteroatoms. The van der Waals surface area contributed by atoms with Crippen molar-refractivity contribution in [3.63, 3.8) is 0 Å². The van der Waals surface area contributed by atoms with Crippen LogP contribution in [-0.2, 0) is 6.42 Å². The molecule has 1 heterocycles. The van der Waals surface area contributed by atoms with Crippen LogP contribution in [0.5, 0.6) is 0 Å². The van der Waals surface area contributed by atoms with Crippen molar-refractivity contribution in [1.29, 1.82) is 0 Å². The summed E-state index contributed by atoms with van der Waals surface area (Å²) in [4.78, 5) is 7.20. The van der Waals surface area contributed by atoms with Crippen LogP contribution in [0, 0.1) is 0 Å². The number of benzene rings is 7. The average molecular weight is 642 g/mol. The van der Waals surface area contributed by atoms with Gasteiger partial charge in [-0.15, -0.1) is 0 Å². The van der Waals surface area contributed by atoms with Crippen LogP contribution in [0.3, 0.4) is 0 Å². The van der Waals surface area contributed by atoms with Crippen molar-refractivity contribution in [2.45, 2.75) is 22.6 Å². The zero-order valence-electron chi connectivity index (χ0n) is 26.9. The molecule has 0 atom stereocenters. The third kappa shape index (κ3) is 4.67. The summed E-state index contributed by atoms with van der Waals surface area (Å²) in [5.74, 6) is 0. The summed E-state index contributed by atoms with van der Waals surface area (Å²) in [7, 11) is 0. The first-order chi connectivity index (χ1) is 24.3. The fourth-order valence-electron chi connectivity index (χ4n) is 7.99. The quantitative estimate of drug-likeness (QED) is 0.173. The van der Waals surface area contributed by atoms with Crippen molar-refractivity contribution >= 4 is 55.7 Å². The van der Waals surface area contributed by atoms with Crippen LogP contribution in [0.2, 0.25) is 0 Å². The molecular formula is C47H31NS. The van der Waals surface area contributed by atoms with Gasteiger partial charge in [0, 0.05) is 27.6 Å². The van der Waals surface area contributed by atoms with Crippen molar-refractivity contribution in [2.75, 3.05) is 0 Å². The Balaban J connectivity index is 1.21. The van der Waals surface area contributed by atoms with Crippen LogP contribution in [0.1, 0.15) is 23.1 Å². The van der Waals surface area contributed by atoms with Crippen LogP contribution in [-0.4, -0.2) is 4.98 Å². The van der Waals surface area contributed by atoms with Crippen molar-refractivity contribution < 1.29 is 0 Å². The molecule has 1 aromatic heterocycles. The van der Waals surface area contributed by atoms with E-state index < -0.39 is 0 Å². The van der Waals surface area contributed by atoms with Gasteiger partial charge >= 0.3 is 0 Å². The molecule has 0 amide bonds. The Kier molecular flexibility index (Phi) is 6.63. The van der Waals surface area contributed by atoms with Crippen molar-refractivity contribution in [2.24, 2.45) is 0 Å². The molecule has 0 spiro atoms. The molecule has 1 nitrogen and oxygen atoms in total. The number of fused-ring (bicyclic) bond motifs is 2. The van der Waals surface area contributed by atoms with Crippen LogP contribution in [0.25, 0.3) is 77.3 Å². The highest BCUT2D eigenvalue weighted by molar-refractivity contribution is 7.99. The van der Waals surface area contributed by atoms with Gasteiger partial charge < -0.3 is 0 Å². The Morgan fingerprint density at radius 3 is 2.02 bits per heavy atom. The van der Waals surface area contributed by atoms with Crippen molar-refractivity contribution in [3.05, 3.63) is 175 Å². The number of nitrogens with zero attached hydrogens (tertiary/aromatic N) is 1. The maximum absolute atomic E-state index is 4.73. The second-order valence-electron chi connectivity index (χ2n) is 13.0. The van der Waals surface area contributed by atoms with Crippen molar-refractivity contribution in [1.82, 2.24) is 4.98 Å². The zero-order chi connectivity index (χ0) is 32.3. The molecule has 7 aromatic carbocycles. The minimum Gasteiger partial charge on any atom is -0.264 e. The first kappa shape index (κ1) is 28.3. The summed E-state index contributed by atoms with van der Waals surface area (Å²) in [6, 6.07) is 49.0. The Morgan fingerprint density at radius 2 is 1.24 bits per heavy atom. The van der Waals surface area contributed by atoms with Gasteiger partial charge in [0.1, 0.15) is 0 Å². The van der Waals surface area contributed by atoms with Gasteiger partial charge in [-0.2, -0.15) is 0 Å². The summed E-state index contributed by atoms with van der Waals surface area (Å²) in [6.45, 7) is 0. The van der Waals surface area contributed by atoms with E-state index in [2.05, 4.69) is 158 Å². The van der Waals surface area contributed by atoms with E-state index >= 15 is 0 Å². The van der Waals surface area contributed by atoms with Crippen molar-refractivity contribution in [3.8, 4) is 33.4 Å². The first-order valence-corrected chi connectivity index (χ1v) is 17.8. The number of hydrogen-bond donors (Lipinski definition) is 0. The van der Waals surface area contributed by atoms with Gasteiger partial charge in [-0.1, -0.05) is 139 Å². The van der Waals surface area contributed by atoms with E-state index in [0.717, 1.165) is 12.8 Å². The Hall–Kier alpha value is -5.70. The van der Waals surface area contributed by atoms with Gasteiger partial charge in [0.05, 0.1) is 0 Å². The number of allylic oxidation sites excluding steroid dienone is 3. The molecule has 10 rings (SSSR count). The van der Waals surface area contributed by atoms with E-state index in [-0.39, 0.29) is 0 Å². The minimum absolute atomic E-state index is 0.988.